The first kappa shape index (κ1) is 12.6. The predicted octanol–water partition coefficient (Wildman–Crippen LogP) is 2.98. The van der Waals surface area contributed by atoms with Gasteiger partial charge < -0.3 is 11.1 Å². The van der Waals surface area contributed by atoms with Gasteiger partial charge in [-0.1, -0.05) is 41.9 Å². The summed E-state index contributed by atoms with van der Waals surface area (Å²) in [6, 6.07) is 15.5. The van der Waals surface area contributed by atoms with Crippen molar-refractivity contribution in [3.8, 4) is 0 Å². The third-order valence-corrected chi connectivity index (χ3v) is 2.80. The van der Waals surface area contributed by atoms with Crippen molar-refractivity contribution in [3.63, 3.8) is 0 Å². The van der Waals surface area contributed by atoms with Crippen molar-refractivity contribution in [1.82, 2.24) is 0 Å². The first-order valence-corrected chi connectivity index (χ1v) is 5.91. The molecule has 0 saturated heterocycles. The second-order valence-electron chi connectivity index (χ2n) is 3.88. The zero-order valence-corrected chi connectivity index (χ0v) is 10.4. The van der Waals surface area contributed by atoms with Crippen LogP contribution in [-0.4, -0.2) is 5.91 Å². The molecular formula is C14H13ClN2O. The van der Waals surface area contributed by atoms with E-state index in [0.29, 0.717) is 10.7 Å². The van der Waals surface area contributed by atoms with E-state index in [-0.39, 0.29) is 5.91 Å². The fraction of sp³-hybridized carbons (Fsp3) is 0.0714. The molecule has 0 heterocycles. The molecule has 0 aliphatic carbocycles. The lowest BCUT2D eigenvalue weighted by Gasteiger charge is -2.12. The smallest absolute Gasteiger partial charge is 0.245 e. The lowest BCUT2D eigenvalue weighted by Crippen LogP contribution is -2.27. The van der Waals surface area contributed by atoms with Gasteiger partial charge in [0.1, 0.15) is 6.04 Å². The van der Waals surface area contributed by atoms with Gasteiger partial charge in [0, 0.05) is 10.7 Å². The summed E-state index contributed by atoms with van der Waals surface area (Å²) in [5.74, 6) is -0.247. The Morgan fingerprint density at radius 3 is 2.28 bits per heavy atom. The molecule has 3 nitrogen and oxygen atoms in total. The molecule has 4 heteroatoms. The molecule has 2 aromatic rings. The minimum absolute atomic E-state index is 0.247. The Hall–Kier alpha value is -1.84. The SMILES string of the molecule is NC(C(=O)Nc1ccc(Cl)cc1)c1ccccc1. The van der Waals surface area contributed by atoms with E-state index in [2.05, 4.69) is 5.32 Å². The number of hydrogen-bond acceptors (Lipinski definition) is 2. The molecule has 1 amide bonds. The number of hydrogen-bond donors (Lipinski definition) is 2. The number of benzene rings is 2. The Bertz CT molecular complexity index is 525. The third kappa shape index (κ3) is 3.09. The molecule has 0 saturated carbocycles. The Morgan fingerprint density at radius 1 is 1.06 bits per heavy atom. The number of amides is 1. The lowest BCUT2D eigenvalue weighted by molar-refractivity contribution is -0.117. The van der Waals surface area contributed by atoms with Gasteiger partial charge in [0.05, 0.1) is 0 Å². The monoisotopic (exact) mass is 260 g/mol. The molecule has 3 N–H and O–H groups in total. The first-order chi connectivity index (χ1) is 8.66. The van der Waals surface area contributed by atoms with Crippen molar-refractivity contribution in [2.75, 3.05) is 5.32 Å². The molecule has 2 rings (SSSR count). The normalized spacial score (nSPS) is 11.9. The molecule has 0 fully saturated rings. The van der Waals surface area contributed by atoms with Crippen LogP contribution in [0.25, 0.3) is 0 Å². The number of rotatable bonds is 3. The molecule has 18 heavy (non-hydrogen) atoms. The van der Waals surface area contributed by atoms with Crippen molar-refractivity contribution in [2.45, 2.75) is 6.04 Å². The van der Waals surface area contributed by atoms with Crippen LogP contribution in [-0.2, 0) is 4.79 Å². The summed E-state index contributed by atoms with van der Waals surface area (Å²) in [5, 5.41) is 3.37. The summed E-state index contributed by atoms with van der Waals surface area (Å²) in [7, 11) is 0. The van der Waals surface area contributed by atoms with Crippen molar-refractivity contribution < 1.29 is 4.79 Å². The number of anilines is 1. The van der Waals surface area contributed by atoms with Crippen LogP contribution in [0.3, 0.4) is 0 Å². The highest BCUT2D eigenvalue weighted by Gasteiger charge is 2.15. The molecule has 0 aromatic heterocycles. The second-order valence-corrected chi connectivity index (χ2v) is 4.32. The van der Waals surface area contributed by atoms with E-state index < -0.39 is 6.04 Å². The Morgan fingerprint density at radius 2 is 1.67 bits per heavy atom. The average Bonchev–Trinajstić information content (AvgIpc) is 2.41. The van der Waals surface area contributed by atoms with E-state index in [0.717, 1.165) is 5.56 Å². The molecule has 0 aliphatic rings. The van der Waals surface area contributed by atoms with Crippen LogP contribution in [0.4, 0.5) is 5.69 Å². The maximum atomic E-state index is 11.9. The van der Waals surface area contributed by atoms with Gasteiger partial charge in [0.25, 0.3) is 0 Å². The van der Waals surface area contributed by atoms with Crippen molar-refractivity contribution >= 4 is 23.2 Å². The molecule has 1 unspecified atom stereocenters. The highest BCUT2D eigenvalue weighted by Crippen LogP contribution is 2.16. The summed E-state index contributed by atoms with van der Waals surface area (Å²) in [5.41, 5.74) is 7.34. The molecule has 0 radical (unpaired) electrons. The maximum Gasteiger partial charge on any atom is 0.245 e. The summed E-state index contributed by atoms with van der Waals surface area (Å²) < 4.78 is 0. The number of nitrogens with two attached hydrogens (primary N) is 1. The highest BCUT2D eigenvalue weighted by molar-refractivity contribution is 6.30. The number of carbonyl (C=O) groups excluding carboxylic acids is 1. The van der Waals surface area contributed by atoms with Gasteiger partial charge in [-0.25, -0.2) is 0 Å². The standard InChI is InChI=1S/C14H13ClN2O/c15-11-6-8-12(9-7-11)17-14(18)13(16)10-4-2-1-3-5-10/h1-9,13H,16H2,(H,17,18). The minimum atomic E-state index is -0.679. The molecular weight excluding hydrogens is 248 g/mol. The van der Waals surface area contributed by atoms with Gasteiger partial charge >= 0.3 is 0 Å². The fourth-order valence-corrected chi connectivity index (χ4v) is 1.69. The van der Waals surface area contributed by atoms with Gasteiger partial charge in [0.2, 0.25) is 5.91 Å². The quantitative estimate of drug-likeness (QED) is 0.891. The van der Waals surface area contributed by atoms with Crippen LogP contribution in [0.2, 0.25) is 5.02 Å². The van der Waals surface area contributed by atoms with E-state index in [1.165, 1.54) is 0 Å². The topological polar surface area (TPSA) is 55.1 Å². The molecule has 0 spiro atoms. The van der Waals surface area contributed by atoms with Crippen molar-refractivity contribution in [2.24, 2.45) is 5.73 Å². The third-order valence-electron chi connectivity index (χ3n) is 2.55. The summed E-state index contributed by atoms with van der Waals surface area (Å²) in [4.78, 5) is 11.9. The minimum Gasteiger partial charge on any atom is -0.324 e. The fourth-order valence-electron chi connectivity index (χ4n) is 1.56. The van der Waals surface area contributed by atoms with Crippen LogP contribution in [0.5, 0.6) is 0 Å². The Kier molecular flexibility index (Phi) is 3.97. The first-order valence-electron chi connectivity index (χ1n) is 5.54. The van der Waals surface area contributed by atoms with Crippen LogP contribution in [0.1, 0.15) is 11.6 Å². The van der Waals surface area contributed by atoms with Crippen molar-refractivity contribution in [3.05, 3.63) is 65.2 Å². The van der Waals surface area contributed by atoms with Gasteiger partial charge in [-0.05, 0) is 29.8 Å². The lowest BCUT2D eigenvalue weighted by atomic mass is 10.1. The van der Waals surface area contributed by atoms with Gasteiger partial charge in [-0.15, -0.1) is 0 Å². The predicted molar refractivity (Wildman–Crippen MR) is 73.5 cm³/mol. The van der Waals surface area contributed by atoms with E-state index in [1.807, 2.05) is 30.3 Å². The van der Waals surface area contributed by atoms with Crippen LogP contribution < -0.4 is 11.1 Å². The highest BCUT2D eigenvalue weighted by atomic mass is 35.5. The number of nitrogens with one attached hydrogen (secondary N) is 1. The van der Waals surface area contributed by atoms with Crippen LogP contribution >= 0.6 is 11.6 Å². The van der Waals surface area contributed by atoms with Crippen molar-refractivity contribution in [1.29, 1.82) is 0 Å². The van der Waals surface area contributed by atoms with Gasteiger partial charge in [-0.3, -0.25) is 4.79 Å². The van der Waals surface area contributed by atoms with Crippen LogP contribution in [0, 0.1) is 0 Å². The maximum absolute atomic E-state index is 11.9. The van der Waals surface area contributed by atoms with E-state index in [4.69, 9.17) is 17.3 Å². The summed E-state index contributed by atoms with van der Waals surface area (Å²) in [6.45, 7) is 0. The summed E-state index contributed by atoms with van der Waals surface area (Å²) in [6.07, 6.45) is 0. The number of carbonyl (C=O) groups is 1. The van der Waals surface area contributed by atoms with E-state index >= 15 is 0 Å². The average molecular weight is 261 g/mol. The molecule has 0 bridgehead atoms. The second kappa shape index (κ2) is 5.67. The molecule has 2 aromatic carbocycles. The van der Waals surface area contributed by atoms with E-state index in [9.17, 15) is 4.79 Å². The largest absolute Gasteiger partial charge is 0.324 e. The summed E-state index contributed by atoms with van der Waals surface area (Å²) >= 11 is 5.77. The Labute approximate surface area is 111 Å². The molecule has 1 atom stereocenters. The Balaban J connectivity index is 2.06. The zero-order valence-electron chi connectivity index (χ0n) is 9.64. The zero-order chi connectivity index (χ0) is 13.0. The van der Waals surface area contributed by atoms with Gasteiger partial charge in [0.15, 0.2) is 0 Å². The molecule has 0 aliphatic heterocycles. The number of halogens is 1. The van der Waals surface area contributed by atoms with Crippen LogP contribution in [0.15, 0.2) is 54.6 Å². The molecule has 92 valence electrons. The van der Waals surface area contributed by atoms with Gasteiger partial charge in [-0.2, -0.15) is 0 Å². The van der Waals surface area contributed by atoms with E-state index in [1.54, 1.807) is 24.3 Å².